The van der Waals surface area contributed by atoms with Crippen molar-refractivity contribution in [2.75, 3.05) is 0 Å². The summed E-state index contributed by atoms with van der Waals surface area (Å²) >= 11 is 0. The fourth-order valence-electron chi connectivity index (χ4n) is 7.10. The van der Waals surface area contributed by atoms with Crippen LogP contribution in [0.3, 0.4) is 0 Å². The lowest BCUT2D eigenvalue weighted by molar-refractivity contribution is -0.142. The molecule has 12 N–H and O–H groups in total. The van der Waals surface area contributed by atoms with Gasteiger partial charge in [0.15, 0.2) is 0 Å². The number of rotatable bonds is 22. The molecule has 0 bridgehead atoms. The first-order chi connectivity index (χ1) is 29.6. The number of imidazole rings is 1. The van der Waals surface area contributed by atoms with Gasteiger partial charge in [0.05, 0.1) is 24.5 Å². The van der Waals surface area contributed by atoms with E-state index < -0.39 is 96.0 Å². The number of fused-ring (bicyclic) bond motifs is 2. The van der Waals surface area contributed by atoms with E-state index in [-0.39, 0.29) is 19.3 Å². The second kappa shape index (κ2) is 21.0. The molecule has 2 aromatic carbocycles. The Bertz CT molecular complexity index is 2370. The van der Waals surface area contributed by atoms with Gasteiger partial charge in [0, 0.05) is 53.2 Å². The highest BCUT2D eigenvalue weighted by Crippen LogP contribution is 2.21. The van der Waals surface area contributed by atoms with E-state index >= 15 is 0 Å². The van der Waals surface area contributed by atoms with Gasteiger partial charge < -0.3 is 57.5 Å². The van der Waals surface area contributed by atoms with Crippen LogP contribution in [0.15, 0.2) is 73.4 Å². The number of hydrogen-bond acceptors (Lipinski definition) is 9. The molecule has 5 rings (SSSR count). The average molecular weight is 855 g/mol. The molecule has 19 nitrogen and oxygen atoms in total. The number of benzene rings is 2. The number of aromatic nitrogens is 4. The second-order valence-corrected chi connectivity index (χ2v) is 15.7. The molecule has 0 unspecified atom stereocenters. The van der Waals surface area contributed by atoms with Crippen molar-refractivity contribution >= 4 is 63.3 Å². The van der Waals surface area contributed by atoms with Crippen molar-refractivity contribution in [2.24, 2.45) is 17.6 Å². The lowest BCUT2D eigenvalue weighted by atomic mass is 9.95. The number of para-hydroxylation sites is 2. The topological polar surface area (TPSA) is 306 Å². The predicted molar refractivity (Wildman–Crippen MR) is 228 cm³/mol. The smallest absolute Gasteiger partial charge is 0.326 e. The van der Waals surface area contributed by atoms with Gasteiger partial charge in [0.2, 0.25) is 29.5 Å². The normalized spacial score (nSPS) is 14.8. The van der Waals surface area contributed by atoms with Gasteiger partial charge in [-0.25, -0.2) is 9.78 Å². The van der Waals surface area contributed by atoms with Crippen LogP contribution in [0.4, 0.5) is 0 Å². The Balaban J connectivity index is 1.28. The maximum Gasteiger partial charge on any atom is 0.326 e. The molecule has 0 spiro atoms. The zero-order valence-electron chi connectivity index (χ0n) is 34.9. The number of aromatic amines is 3. The molecule has 5 amide bonds. The van der Waals surface area contributed by atoms with Crippen molar-refractivity contribution in [1.29, 1.82) is 0 Å². The average Bonchev–Trinajstić information content (AvgIpc) is 4.01. The molecule has 19 heteroatoms. The number of amides is 5. The Morgan fingerprint density at radius 2 is 1.18 bits per heavy atom. The molecule has 0 fully saturated rings. The van der Waals surface area contributed by atoms with Crippen LogP contribution in [0.25, 0.3) is 21.8 Å². The predicted octanol–water partition coefficient (Wildman–Crippen LogP) is 1.41. The molecular weight excluding hydrogens is 801 g/mol. The Morgan fingerprint density at radius 3 is 1.73 bits per heavy atom. The Hall–Kier alpha value is -7.02. The minimum atomic E-state index is -1.72. The summed E-state index contributed by atoms with van der Waals surface area (Å²) in [7, 11) is 0. The van der Waals surface area contributed by atoms with E-state index in [1.165, 1.54) is 12.5 Å². The number of nitrogens with zero attached hydrogens (tertiary/aromatic N) is 1. The highest BCUT2D eigenvalue weighted by molar-refractivity contribution is 5.98. The summed E-state index contributed by atoms with van der Waals surface area (Å²) in [4.78, 5) is 106. The molecule has 62 heavy (non-hydrogen) atoms. The summed E-state index contributed by atoms with van der Waals surface area (Å²) in [6, 6.07) is 6.73. The molecule has 0 saturated heterocycles. The van der Waals surface area contributed by atoms with Gasteiger partial charge >= 0.3 is 11.9 Å². The fraction of sp³-hybridized carbons (Fsp3) is 0.395. The van der Waals surface area contributed by atoms with E-state index in [9.17, 15) is 43.8 Å². The van der Waals surface area contributed by atoms with Crippen LogP contribution in [-0.2, 0) is 52.8 Å². The summed E-state index contributed by atoms with van der Waals surface area (Å²) in [5.41, 5.74) is 9.78. The van der Waals surface area contributed by atoms with Gasteiger partial charge in [-0.3, -0.25) is 28.8 Å². The van der Waals surface area contributed by atoms with Crippen LogP contribution >= 0.6 is 0 Å². The summed E-state index contributed by atoms with van der Waals surface area (Å²) in [6.45, 7) is 6.72. The number of nitrogens with two attached hydrogens (primary N) is 1. The molecule has 3 aromatic heterocycles. The summed E-state index contributed by atoms with van der Waals surface area (Å²) in [6.07, 6.45) is 5.75. The lowest BCUT2D eigenvalue weighted by Gasteiger charge is -2.30. The highest BCUT2D eigenvalue weighted by Gasteiger charge is 2.36. The summed E-state index contributed by atoms with van der Waals surface area (Å²) < 4.78 is 0. The van der Waals surface area contributed by atoms with Crippen LogP contribution in [0.1, 0.15) is 57.4 Å². The van der Waals surface area contributed by atoms with Gasteiger partial charge in [0.1, 0.15) is 30.2 Å². The van der Waals surface area contributed by atoms with E-state index in [0.717, 1.165) is 27.4 Å². The van der Waals surface area contributed by atoms with Crippen LogP contribution in [0.5, 0.6) is 0 Å². The molecule has 3 heterocycles. The van der Waals surface area contributed by atoms with Crippen LogP contribution < -0.4 is 32.3 Å². The van der Waals surface area contributed by atoms with Gasteiger partial charge in [-0.05, 0) is 41.5 Å². The van der Waals surface area contributed by atoms with E-state index in [1.54, 1.807) is 40.1 Å². The maximum absolute atomic E-state index is 13.9. The molecule has 0 aliphatic rings. The van der Waals surface area contributed by atoms with E-state index in [2.05, 4.69) is 46.5 Å². The maximum atomic E-state index is 13.9. The van der Waals surface area contributed by atoms with Gasteiger partial charge in [-0.1, -0.05) is 70.5 Å². The van der Waals surface area contributed by atoms with Crippen molar-refractivity contribution in [3.8, 4) is 0 Å². The van der Waals surface area contributed by atoms with Gasteiger partial charge in [-0.15, -0.1) is 0 Å². The van der Waals surface area contributed by atoms with Gasteiger partial charge in [-0.2, -0.15) is 0 Å². The number of carboxylic acid groups (broad SMARTS) is 2. The van der Waals surface area contributed by atoms with Crippen molar-refractivity contribution < 1.29 is 43.8 Å². The third-order valence-corrected chi connectivity index (χ3v) is 10.8. The summed E-state index contributed by atoms with van der Waals surface area (Å²) in [5.74, 6) is -8.00. The van der Waals surface area contributed by atoms with Crippen LogP contribution in [0, 0.1) is 11.8 Å². The molecule has 0 aliphatic heterocycles. The number of aliphatic carboxylic acids is 2. The van der Waals surface area contributed by atoms with E-state index in [0.29, 0.717) is 17.7 Å². The fourth-order valence-corrected chi connectivity index (χ4v) is 7.10. The summed E-state index contributed by atoms with van der Waals surface area (Å²) in [5, 5.41) is 34.3. The zero-order chi connectivity index (χ0) is 45.1. The lowest BCUT2D eigenvalue weighted by Crippen LogP contribution is -2.61. The van der Waals surface area contributed by atoms with E-state index in [4.69, 9.17) is 5.73 Å². The number of H-pyrrole nitrogens is 3. The molecular formula is C43H54N10O9. The minimum Gasteiger partial charge on any atom is -0.481 e. The SMILES string of the molecule is CC[C@H](C)[C@H](NC(=O)[C@@H](NC(=O)[C@H](CC(=O)O)NC(=O)[C@H](Cc1c[nH]cn1)NC(=O)[C@H](N)Cc1c[nH]c2ccccc12)C(C)C)C(=O)N[C@@H](Cc1c[nH]c2ccccc12)C(=O)O. The number of carbonyl (C=O) groups is 7. The number of nitrogens with one attached hydrogen (secondary N) is 8. The number of carbonyl (C=O) groups excluding carboxylic acids is 5. The molecule has 0 radical (unpaired) electrons. The highest BCUT2D eigenvalue weighted by atomic mass is 16.4. The first kappa shape index (κ1) is 46.1. The largest absolute Gasteiger partial charge is 0.481 e. The Kier molecular flexibility index (Phi) is 15.6. The van der Waals surface area contributed by atoms with E-state index in [1.807, 2.05) is 48.5 Å². The number of hydrogen-bond donors (Lipinski definition) is 11. The first-order valence-electron chi connectivity index (χ1n) is 20.4. The number of carboxylic acids is 2. The third-order valence-electron chi connectivity index (χ3n) is 10.8. The second-order valence-electron chi connectivity index (χ2n) is 15.7. The Labute approximate surface area is 356 Å². The monoisotopic (exact) mass is 854 g/mol. The van der Waals surface area contributed by atoms with Crippen LogP contribution in [0.2, 0.25) is 0 Å². The molecule has 7 atom stereocenters. The van der Waals surface area contributed by atoms with Crippen molar-refractivity contribution in [3.05, 3.63) is 90.3 Å². The molecule has 0 saturated carbocycles. The minimum absolute atomic E-state index is 0.0440. The Morgan fingerprint density at radius 1 is 0.645 bits per heavy atom. The third kappa shape index (κ3) is 11.8. The van der Waals surface area contributed by atoms with Crippen molar-refractivity contribution in [3.63, 3.8) is 0 Å². The standard InChI is InChI=1S/C43H54N10O9/c1-5-23(4)37(42(60)51-34(43(61)62)15-25-19-47-31-13-9-7-11-28(25)31)53-41(59)36(22(2)3)52-40(58)33(17-35(54)55)50-39(57)32(16-26-20-45-21-48-26)49-38(56)29(44)14-24-18-46-30-12-8-6-10-27(24)30/h6-13,18-23,29,32-34,36-37,46-47H,5,14-17,44H2,1-4H3,(H,45,48)(H,49,56)(H,50,57)(H,51,60)(H,52,58)(H,53,59)(H,54,55)(H,61,62)/t23-,29+,32-,33-,34-,36-,37-/m0/s1. The van der Waals surface area contributed by atoms with Crippen molar-refractivity contribution in [1.82, 2.24) is 46.5 Å². The molecule has 0 aliphatic carbocycles. The van der Waals surface area contributed by atoms with Crippen LogP contribution in [-0.4, -0.2) is 108 Å². The van der Waals surface area contributed by atoms with Gasteiger partial charge in [0.25, 0.3) is 0 Å². The molecule has 330 valence electrons. The molecule has 5 aromatic rings. The zero-order valence-corrected chi connectivity index (χ0v) is 34.9. The van der Waals surface area contributed by atoms with Crippen molar-refractivity contribution in [2.45, 2.75) is 96.1 Å². The quantitative estimate of drug-likeness (QED) is 0.0473. The first-order valence-corrected chi connectivity index (χ1v) is 20.4.